The van der Waals surface area contributed by atoms with Crippen LogP contribution >= 0.6 is 0 Å². The van der Waals surface area contributed by atoms with Crippen LogP contribution in [0, 0.1) is 6.92 Å². The van der Waals surface area contributed by atoms with Gasteiger partial charge in [0.25, 0.3) is 5.91 Å². The van der Waals surface area contributed by atoms with Gasteiger partial charge in [0.05, 0.1) is 17.1 Å². The molecule has 2 aromatic rings. The highest BCUT2D eigenvalue weighted by Gasteiger charge is 2.28. The van der Waals surface area contributed by atoms with Gasteiger partial charge in [0.1, 0.15) is 0 Å². The third-order valence-corrected chi connectivity index (χ3v) is 7.09. The summed E-state index contributed by atoms with van der Waals surface area (Å²) in [5.41, 5.74) is 1.77. The molecule has 0 bridgehead atoms. The number of benzene rings is 2. The number of sulfonamides is 1. The van der Waals surface area contributed by atoms with Crippen molar-refractivity contribution in [2.75, 3.05) is 45.2 Å². The van der Waals surface area contributed by atoms with Gasteiger partial charge in [-0.1, -0.05) is 12.1 Å². The maximum Gasteiger partial charge on any atom is 0.338 e. The Morgan fingerprint density at radius 3 is 2.42 bits per heavy atom. The normalized spacial score (nSPS) is 15.5. The van der Waals surface area contributed by atoms with Gasteiger partial charge in [0.15, 0.2) is 0 Å². The summed E-state index contributed by atoms with van der Waals surface area (Å²) in [7, 11) is -1.73. The summed E-state index contributed by atoms with van der Waals surface area (Å²) in [6.07, 6.45) is 0. The molecule has 1 heterocycles. The Hall–Kier alpha value is -2.75. The highest BCUT2D eigenvalue weighted by Crippen LogP contribution is 2.21. The summed E-state index contributed by atoms with van der Waals surface area (Å²) < 4.78 is 32.4. The molecule has 8 nitrogen and oxygen atoms in total. The zero-order valence-electron chi connectivity index (χ0n) is 17.9. The van der Waals surface area contributed by atoms with Gasteiger partial charge < -0.3 is 15.0 Å². The van der Waals surface area contributed by atoms with Gasteiger partial charge in [-0.2, -0.15) is 4.31 Å². The first-order valence-electron chi connectivity index (χ1n) is 10.1. The van der Waals surface area contributed by atoms with Crippen LogP contribution in [0.2, 0.25) is 0 Å². The Bertz CT molecular complexity index is 1080. The van der Waals surface area contributed by atoms with Crippen LogP contribution in [0.1, 0.15) is 33.2 Å². The molecule has 2 aromatic carbocycles. The zero-order chi connectivity index (χ0) is 22.6. The summed E-state index contributed by atoms with van der Waals surface area (Å²) in [4.78, 5) is 27.0. The van der Waals surface area contributed by atoms with Gasteiger partial charge in [-0.25, -0.2) is 13.2 Å². The summed E-state index contributed by atoms with van der Waals surface area (Å²) in [5, 5.41) is 2.77. The van der Waals surface area contributed by atoms with Crippen molar-refractivity contribution in [1.82, 2.24) is 9.21 Å². The molecule has 0 aliphatic carbocycles. The quantitative estimate of drug-likeness (QED) is 0.686. The second-order valence-corrected chi connectivity index (χ2v) is 9.38. The minimum absolute atomic E-state index is 0.0849. The lowest BCUT2D eigenvalue weighted by Crippen LogP contribution is -2.47. The van der Waals surface area contributed by atoms with Crippen molar-refractivity contribution in [3.05, 3.63) is 59.2 Å². The number of carbonyl (C=O) groups is 2. The predicted octanol–water partition coefficient (Wildman–Crippen LogP) is 2.36. The van der Waals surface area contributed by atoms with Crippen molar-refractivity contribution in [3.63, 3.8) is 0 Å². The molecular weight excluding hydrogens is 418 g/mol. The van der Waals surface area contributed by atoms with Crippen molar-refractivity contribution >= 4 is 27.6 Å². The summed E-state index contributed by atoms with van der Waals surface area (Å²) >= 11 is 0. The van der Waals surface area contributed by atoms with Gasteiger partial charge in [0.2, 0.25) is 10.0 Å². The summed E-state index contributed by atoms with van der Waals surface area (Å²) in [6, 6.07) is 10.9. The number of hydrogen-bond donors (Lipinski definition) is 1. The molecule has 0 saturated carbocycles. The number of nitrogens with one attached hydrogen (secondary N) is 1. The maximum absolute atomic E-state index is 13.0. The number of aryl methyl sites for hydroxylation is 1. The van der Waals surface area contributed by atoms with E-state index in [4.69, 9.17) is 4.74 Å². The SMILES string of the molecule is CCOC(=O)c1ccc(C)c(NC(=O)c2cccc(S(=O)(=O)N3CCN(C)CC3)c2)c1. The largest absolute Gasteiger partial charge is 0.462 e. The number of hydrogen-bond acceptors (Lipinski definition) is 6. The fourth-order valence-corrected chi connectivity index (χ4v) is 4.74. The molecule has 9 heteroatoms. The number of ether oxygens (including phenoxy) is 1. The Balaban J connectivity index is 1.81. The van der Waals surface area contributed by atoms with E-state index in [1.165, 1.54) is 16.4 Å². The fourth-order valence-electron chi connectivity index (χ4n) is 3.27. The molecule has 1 aliphatic rings. The fraction of sp³-hybridized carbons (Fsp3) is 0.364. The van der Waals surface area contributed by atoms with E-state index in [2.05, 4.69) is 10.2 Å². The van der Waals surface area contributed by atoms with Crippen LogP contribution in [0.4, 0.5) is 5.69 Å². The Labute approximate surface area is 182 Å². The topological polar surface area (TPSA) is 96.0 Å². The number of esters is 1. The second-order valence-electron chi connectivity index (χ2n) is 7.44. The van der Waals surface area contributed by atoms with E-state index >= 15 is 0 Å². The number of carbonyl (C=O) groups excluding carboxylic acids is 2. The number of nitrogens with zero attached hydrogens (tertiary/aromatic N) is 2. The van der Waals surface area contributed by atoms with Crippen molar-refractivity contribution in [2.45, 2.75) is 18.7 Å². The molecule has 1 saturated heterocycles. The Kier molecular flexibility index (Phi) is 7.09. The third kappa shape index (κ3) is 5.30. The average Bonchev–Trinajstić information content (AvgIpc) is 2.75. The molecule has 0 spiro atoms. The van der Waals surface area contributed by atoms with E-state index in [1.807, 2.05) is 7.05 Å². The van der Waals surface area contributed by atoms with E-state index in [0.29, 0.717) is 37.4 Å². The Morgan fingerprint density at radius 1 is 1.03 bits per heavy atom. The van der Waals surface area contributed by atoms with Crippen molar-refractivity contribution in [3.8, 4) is 0 Å². The van der Waals surface area contributed by atoms with Gasteiger partial charge in [-0.3, -0.25) is 4.79 Å². The Morgan fingerprint density at radius 2 is 1.74 bits per heavy atom. The molecule has 3 rings (SSSR count). The van der Waals surface area contributed by atoms with E-state index in [9.17, 15) is 18.0 Å². The number of piperazine rings is 1. The van der Waals surface area contributed by atoms with Crippen LogP contribution in [-0.2, 0) is 14.8 Å². The molecule has 1 fully saturated rings. The highest BCUT2D eigenvalue weighted by atomic mass is 32.2. The first-order chi connectivity index (χ1) is 14.7. The molecular formula is C22H27N3O5S. The standard InChI is InChI=1S/C22H27N3O5S/c1-4-30-22(27)18-9-8-16(2)20(15-18)23-21(26)17-6-5-7-19(14-17)31(28,29)25-12-10-24(3)11-13-25/h5-9,14-15H,4,10-13H2,1-3H3,(H,23,26). The molecule has 0 radical (unpaired) electrons. The van der Waals surface area contributed by atoms with E-state index < -0.39 is 21.9 Å². The van der Waals surface area contributed by atoms with E-state index in [0.717, 1.165) is 5.56 Å². The number of rotatable bonds is 6. The lowest BCUT2D eigenvalue weighted by Gasteiger charge is -2.31. The average molecular weight is 446 g/mol. The first-order valence-corrected chi connectivity index (χ1v) is 11.5. The first kappa shape index (κ1) is 22.9. The molecule has 31 heavy (non-hydrogen) atoms. The molecule has 1 N–H and O–H groups in total. The lowest BCUT2D eigenvalue weighted by atomic mass is 10.1. The van der Waals surface area contributed by atoms with Crippen LogP contribution < -0.4 is 5.32 Å². The van der Waals surface area contributed by atoms with Gasteiger partial charge >= 0.3 is 5.97 Å². The molecule has 1 amide bonds. The van der Waals surface area contributed by atoms with Gasteiger partial charge in [0, 0.05) is 37.4 Å². The second kappa shape index (κ2) is 9.59. The molecule has 1 aliphatic heterocycles. The van der Waals surface area contributed by atoms with Crippen LogP contribution in [0.3, 0.4) is 0 Å². The van der Waals surface area contributed by atoms with E-state index in [1.54, 1.807) is 44.2 Å². The van der Waals surface area contributed by atoms with Crippen LogP contribution in [0.5, 0.6) is 0 Å². The van der Waals surface area contributed by atoms with Crippen molar-refractivity contribution in [1.29, 1.82) is 0 Å². The summed E-state index contributed by atoms with van der Waals surface area (Å²) in [5.74, 6) is -0.933. The lowest BCUT2D eigenvalue weighted by molar-refractivity contribution is 0.0526. The molecule has 0 aromatic heterocycles. The van der Waals surface area contributed by atoms with Crippen LogP contribution in [0.15, 0.2) is 47.4 Å². The van der Waals surface area contributed by atoms with Crippen LogP contribution in [-0.4, -0.2) is 69.3 Å². The predicted molar refractivity (Wildman–Crippen MR) is 118 cm³/mol. The zero-order valence-corrected chi connectivity index (χ0v) is 18.7. The number of likely N-dealkylation sites (N-methyl/N-ethyl adjacent to an activating group) is 1. The minimum Gasteiger partial charge on any atom is -0.462 e. The number of amides is 1. The molecule has 0 unspecified atom stereocenters. The highest BCUT2D eigenvalue weighted by molar-refractivity contribution is 7.89. The van der Waals surface area contributed by atoms with Crippen LogP contribution in [0.25, 0.3) is 0 Å². The minimum atomic E-state index is -3.68. The third-order valence-electron chi connectivity index (χ3n) is 5.19. The smallest absolute Gasteiger partial charge is 0.338 e. The van der Waals surface area contributed by atoms with Gasteiger partial charge in [-0.05, 0) is 56.8 Å². The van der Waals surface area contributed by atoms with Crippen molar-refractivity contribution < 1.29 is 22.7 Å². The monoisotopic (exact) mass is 445 g/mol. The maximum atomic E-state index is 13.0. The number of anilines is 1. The van der Waals surface area contributed by atoms with E-state index in [-0.39, 0.29) is 17.1 Å². The summed E-state index contributed by atoms with van der Waals surface area (Å²) in [6.45, 7) is 5.93. The molecule has 166 valence electrons. The molecule has 0 atom stereocenters. The van der Waals surface area contributed by atoms with Gasteiger partial charge in [-0.15, -0.1) is 0 Å². The van der Waals surface area contributed by atoms with Crippen molar-refractivity contribution in [2.24, 2.45) is 0 Å².